The summed E-state index contributed by atoms with van der Waals surface area (Å²) in [5.74, 6) is -0.00880. The van der Waals surface area contributed by atoms with Crippen LogP contribution >= 0.6 is 0 Å². The molecule has 0 spiro atoms. The second kappa shape index (κ2) is 6.45. The number of likely N-dealkylation sites (tertiary alicyclic amines) is 1. The second-order valence-corrected chi connectivity index (χ2v) is 6.80. The summed E-state index contributed by atoms with van der Waals surface area (Å²) in [6, 6.07) is 13.3. The minimum absolute atomic E-state index is 0.00139. The monoisotopic (exact) mass is 335 g/mol. The van der Waals surface area contributed by atoms with Gasteiger partial charge < -0.3 is 10.0 Å². The molecule has 4 rings (SSSR count). The molecule has 0 radical (unpaired) electrons. The predicted octanol–water partition coefficient (Wildman–Crippen LogP) is 3.28. The van der Waals surface area contributed by atoms with Crippen LogP contribution in [0.5, 0.6) is 0 Å². The molecule has 25 heavy (non-hydrogen) atoms. The smallest absolute Gasteiger partial charge is 0.254 e. The summed E-state index contributed by atoms with van der Waals surface area (Å²) >= 11 is 0. The maximum Gasteiger partial charge on any atom is 0.254 e. The maximum absolute atomic E-state index is 13.0. The van der Waals surface area contributed by atoms with Gasteiger partial charge in [-0.1, -0.05) is 30.3 Å². The molecule has 1 saturated heterocycles. The first-order chi connectivity index (χ1) is 12.2. The van der Waals surface area contributed by atoms with Crippen LogP contribution in [0.2, 0.25) is 0 Å². The quantitative estimate of drug-likeness (QED) is 0.796. The molecule has 2 aromatic rings. The molecule has 1 heterocycles. The summed E-state index contributed by atoms with van der Waals surface area (Å²) in [6.07, 6.45) is 3.53. The number of carbonyl (C=O) groups excluding carboxylic acids is 2. The number of aliphatic hydroxyl groups excluding tert-OH is 1. The average molecular weight is 335 g/mol. The Morgan fingerprint density at radius 2 is 1.84 bits per heavy atom. The first-order valence-corrected chi connectivity index (χ1v) is 8.90. The lowest BCUT2D eigenvalue weighted by atomic mass is 10.0. The van der Waals surface area contributed by atoms with Crippen LogP contribution in [-0.2, 0) is 0 Å². The van der Waals surface area contributed by atoms with Gasteiger partial charge in [-0.2, -0.15) is 0 Å². The number of carbonyl (C=O) groups is 2. The number of hydrogen-bond donors (Lipinski definition) is 1. The van der Waals surface area contributed by atoms with Gasteiger partial charge in [0.05, 0.1) is 0 Å². The van der Waals surface area contributed by atoms with E-state index in [4.69, 9.17) is 5.11 Å². The van der Waals surface area contributed by atoms with Crippen molar-refractivity contribution in [1.29, 1.82) is 0 Å². The van der Waals surface area contributed by atoms with Gasteiger partial charge >= 0.3 is 0 Å². The number of ketones is 1. The number of benzene rings is 2. The zero-order valence-electron chi connectivity index (χ0n) is 14.1. The summed E-state index contributed by atoms with van der Waals surface area (Å²) in [5, 5.41) is 9.05. The van der Waals surface area contributed by atoms with Crippen molar-refractivity contribution in [3.8, 4) is 11.1 Å². The highest BCUT2D eigenvalue weighted by atomic mass is 16.3. The lowest BCUT2D eigenvalue weighted by Crippen LogP contribution is -2.35. The van der Waals surface area contributed by atoms with Crippen LogP contribution in [0.15, 0.2) is 42.5 Å². The predicted molar refractivity (Wildman–Crippen MR) is 95.7 cm³/mol. The molecular weight excluding hydrogens is 314 g/mol. The van der Waals surface area contributed by atoms with E-state index in [0.29, 0.717) is 23.1 Å². The topological polar surface area (TPSA) is 57.6 Å². The normalized spacial score (nSPS) is 18.4. The lowest BCUT2D eigenvalue weighted by Gasteiger charge is -2.25. The molecule has 1 atom stereocenters. The molecule has 0 aromatic heterocycles. The molecule has 0 bridgehead atoms. The molecular formula is C21H21NO3. The van der Waals surface area contributed by atoms with E-state index >= 15 is 0 Å². The molecule has 0 saturated carbocycles. The molecule has 1 unspecified atom stereocenters. The highest BCUT2D eigenvalue weighted by molar-refractivity contribution is 6.22. The molecule has 1 amide bonds. The van der Waals surface area contributed by atoms with Crippen molar-refractivity contribution < 1.29 is 14.7 Å². The van der Waals surface area contributed by atoms with E-state index in [9.17, 15) is 9.59 Å². The first kappa shape index (κ1) is 16.0. The van der Waals surface area contributed by atoms with Gasteiger partial charge in [0.2, 0.25) is 0 Å². The zero-order chi connectivity index (χ0) is 17.4. The minimum atomic E-state index is -0.00741. The average Bonchev–Trinajstić information content (AvgIpc) is 3.23. The number of aliphatic hydroxyl groups is 1. The van der Waals surface area contributed by atoms with Crippen LogP contribution in [0.4, 0.5) is 0 Å². The van der Waals surface area contributed by atoms with Gasteiger partial charge in [0, 0.05) is 35.9 Å². The highest BCUT2D eigenvalue weighted by Gasteiger charge is 2.31. The van der Waals surface area contributed by atoms with Gasteiger partial charge in [-0.05, 0) is 48.9 Å². The van der Waals surface area contributed by atoms with Crippen LogP contribution in [-0.4, -0.2) is 40.9 Å². The minimum Gasteiger partial charge on any atom is -0.396 e. The number of rotatable bonds is 4. The Bertz CT molecular complexity index is 843. The molecule has 128 valence electrons. The van der Waals surface area contributed by atoms with Crippen molar-refractivity contribution >= 4 is 11.7 Å². The van der Waals surface area contributed by atoms with E-state index in [1.807, 2.05) is 41.3 Å². The molecule has 1 fully saturated rings. The van der Waals surface area contributed by atoms with Crippen LogP contribution < -0.4 is 0 Å². The van der Waals surface area contributed by atoms with Gasteiger partial charge in [0.25, 0.3) is 5.91 Å². The van der Waals surface area contributed by atoms with Crippen molar-refractivity contribution in [3.63, 3.8) is 0 Å². The van der Waals surface area contributed by atoms with Crippen LogP contribution in [0.3, 0.4) is 0 Å². The van der Waals surface area contributed by atoms with Crippen LogP contribution in [0.25, 0.3) is 11.1 Å². The SMILES string of the molecule is O=C1c2ccccc2-c2ccc(C(=O)N3CCCC3CCCO)cc21. The van der Waals surface area contributed by atoms with Gasteiger partial charge in [-0.3, -0.25) is 9.59 Å². The van der Waals surface area contributed by atoms with Crippen LogP contribution in [0, 0.1) is 0 Å². The first-order valence-electron chi connectivity index (χ1n) is 8.90. The Labute approximate surface area is 147 Å². The third-order valence-corrected chi connectivity index (χ3v) is 5.31. The number of hydrogen-bond acceptors (Lipinski definition) is 3. The van der Waals surface area contributed by atoms with E-state index in [0.717, 1.165) is 36.9 Å². The van der Waals surface area contributed by atoms with Gasteiger partial charge in [-0.15, -0.1) is 0 Å². The van der Waals surface area contributed by atoms with Crippen molar-refractivity contribution in [2.24, 2.45) is 0 Å². The summed E-state index contributed by atoms with van der Waals surface area (Å²) in [5.41, 5.74) is 3.77. The van der Waals surface area contributed by atoms with Crippen LogP contribution in [0.1, 0.15) is 52.0 Å². The van der Waals surface area contributed by atoms with Crippen molar-refractivity contribution in [1.82, 2.24) is 4.90 Å². The highest BCUT2D eigenvalue weighted by Crippen LogP contribution is 2.37. The standard InChI is InChI=1S/C21H21NO3/c23-12-4-6-15-5-3-11-22(15)21(25)14-9-10-17-16-7-1-2-8-18(16)20(24)19(17)13-14/h1-2,7-10,13,15,23H,3-6,11-12H2. The van der Waals surface area contributed by atoms with E-state index in [1.165, 1.54) is 0 Å². The molecule has 2 aromatic carbocycles. The molecule has 4 nitrogen and oxygen atoms in total. The summed E-state index contributed by atoms with van der Waals surface area (Å²) in [7, 11) is 0. The van der Waals surface area contributed by atoms with E-state index in [2.05, 4.69) is 0 Å². The Morgan fingerprint density at radius 3 is 2.64 bits per heavy atom. The Morgan fingerprint density at radius 1 is 1.08 bits per heavy atom. The third kappa shape index (κ3) is 2.67. The lowest BCUT2D eigenvalue weighted by molar-refractivity contribution is 0.0724. The molecule has 1 aliphatic carbocycles. The fourth-order valence-corrected chi connectivity index (χ4v) is 4.06. The molecule has 1 aliphatic heterocycles. The Balaban J connectivity index is 1.63. The third-order valence-electron chi connectivity index (χ3n) is 5.31. The fraction of sp³-hybridized carbons (Fsp3) is 0.333. The van der Waals surface area contributed by atoms with Gasteiger partial charge in [0.15, 0.2) is 5.78 Å². The van der Waals surface area contributed by atoms with E-state index < -0.39 is 0 Å². The maximum atomic E-state index is 13.0. The summed E-state index contributed by atoms with van der Waals surface area (Å²) in [4.78, 5) is 27.5. The van der Waals surface area contributed by atoms with Gasteiger partial charge in [-0.25, -0.2) is 0 Å². The number of nitrogens with zero attached hydrogens (tertiary/aromatic N) is 1. The van der Waals surface area contributed by atoms with Crippen molar-refractivity contribution in [2.45, 2.75) is 31.7 Å². The fourth-order valence-electron chi connectivity index (χ4n) is 4.06. The van der Waals surface area contributed by atoms with Crippen molar-refractivity contribution in [3.05, 3.63) is 59.2 Å². The van der Waals surface area contributed by atoms with Crippen molar-refractivity contribution in [2.75, 3.05) is 13.2 Å². The Kier molecular flexibility index (Phi) is 4.14. The number of amides is 1. The number of fused-ring (bicyclic) bond motifs is 3. The largest absolute Gasteiger partial charge is 0.396 e. The second-order valence-electron chi connectivity index (χ2n) is 6.80. The molecule has 4 heteroatoms. The molecule has 1 N–H and O–H groups in total. The van der Waals surface area contributed by atoms with E-state index in [-0.39, 0.29) is 24.3 Å². The van der Waals surface area contributed by atoms with Gasteiger partial charge in [0.1, 0.15) is 0 Å². The molecule has 2 aliphatic rings. The Hall–Kier alpha value is -2.46. The zero-order valence-corrected chi connectivity index (χ0v) is 14.1. The van der Waals surface area contributed by atoms with E-state index in [1.54, 1.807) is 6.07 Å². The summed E-state index contributed by atoms with van der Waals surface area (Å²) in [6.45, 7) is 0.907. The summed E-state index contributed by atoms with van der Waals surface area (Å²) < 4.78 is 0.